The lowest BCUT2D eigenvalue weighted by atomic mass is 10.1. The number of benzene rings is 1. The van der Waals surface area contributed by atoms with Crippen molar-refractivity contribution in [1.82, 2.24) is 24.6 Å². The summed E-state index contributed by atoms with van der Waals surface area (Å²) in [6.45, 7) is 0.833. The minimum atomic E-state index is -0.143. The third kappa shape index (κ3) is 2.12. The minimum absolute atomic E-state index is 0.0349. The summed E-state index contributed by atoms with van der Waals surface area (Å²) in [6, 6.07) is 7.53. The van der Waals surface area contributed by atoms with Crippen molar-refractivity contribution in [2.75, 3.05) is 6.54 Å². The maximum Gasteiger partial charge on any atom is 0.275 e. The molecule has 0 saturated carbocycles. The van der Waals surface area contributed by atoms with Gasteiger partial charge in [-0.3, -0.25) is 14.7 Å². The average Bonchev–Trinajstić information content (AvgIpc) is 3.01. The fourth-order valence-corrected chi connectivity index (χ4v) is 2.97. The molecule has 0 saturated heterocycles. The van der Waals surface area contributed by atoms with E-state index in [9.17, 15) is 9.59 Å². The highest BCUT2D eigenvalue weighted by molar-refractivity contribution is 6.04. The molecule has 23 heavy (non-hydrogen) atoms. The lowest BCUT2D eigenvalue weighted by molar-refractivity contribution is 0.0727. The molecule has 0 atom stereocenters. The first-order valence-electron chi connectivity index (χ1n) is 7.41. The van der Waals surface area contributed by atoms with Crippen LogP contribution in [0.3, 0.4) is 0 Å². The third-order valence-electron chi connectivity index (χ3n) is 4.25. The van der Waals surface area contributed by atoms with Gasteiger partial charge in [-0.05, 0) is 12.5 Å². The first-order valence-corrected chi connectivity index (χ1v) is 7.41. The van der Waals surface area contributed by atoms with Crippen molar-refractivity contribution in [3.8, 4) is 0 Å². The van der Waals surface area contributed by atoms with Crippen molar-refractivity contribution < 1.29 is 4.79 Å². The van der Waals surface area contributed by atoms with Gasteiger partial charge >= 0.3 is 0 Å². The Hall–Kier alpha value is -2.96. The highest BCUT2D eigenvalue weighted by Crippen LogP contribution is 2.20. The molecule has 1 amide bonds. The van der Waals surface area contributed by atoms with Crippen molar-refractivity contribution in [3.05, 3.63) is 57.9 Å². The zero-order valence-electron chi connectivity index (χ0n) is 12.6. The monoisotopic (exact) mass is 309 g/mol. The molecule has 1 aliphatic heterocycles. The summed E-state index contributed by atoms with van der Waals surface area (Å²) in [6.07, 6.45) is 2.02. The fraction of sp³-hybridized carbons (Fsp3) is 0.250. The molecule has 7 heteroatoms. The summed E-state index contributed by atoms with van der Waals surface area (Å²) >= 11 is 0. The molecule has 4 rings (SSSR count). The van der Waals surface area contributed by atoms with Crippen molar-refractivity contribution in [2.24, 2.45) is 7.05 Å². The zero-order valence-corrected chi connectivity index (χ0v) is 12.6. The summed E-state index contributed by atoms with van der Waals surface area (Å²) < 4.78 is 1.47. The number of hydrogen-bond donors (Lipinski definition) is 1. The molecule has 0 unspecified atom stereocenters. The average molecular weight is 309 g/mol. The number of nitrogens with zero attached hydrogens (tertiary/aromatic N) is 4. The van der Waals surface area contributed by atoms with E-state index in [-0.39, 0.29) is 11.5 Å². The first-order chi connectivity index (χ1) is 11.1. The van der Waals surface area contributed by atoms with E-state index in [4.69, 9.17) is 0 Å². The Labute approximate surface area is 131 Å². The molecule has 0 aliphatic carbocycles. The van der Waals surface area contributed by atoms with E-state index >= 15 is 0 Å². The Morgan fingerprint density at radius 1 is 1.30 bits per heavy atom. The second kappa shape index (κ2) is 5.05. The Morgan fingerprint density at radius 2 is 2.13 bits per heavy atom. The van der Waals surface area contributed by atoms with E-state index in [1.54, 1.807) is 11.9 Å². The van der Waals surface area contributed by atoms with Crippen LogP contribution >= 0.6 is 0 Å². The predicted octanol–water partition coefficient (Wildman–Crippen LogP) is 0.855. The Morgan fingerprint density at radius 3 is 3.00 bits per heavy atom. The number of nitrogens with one attached hydrogen (secondary N) is 1. The zero-order chi connectivity index (χ0) is 16.0. The van der Waals surface area contributed by atoms with Crippen LogP contribution in [0.1, 0.15) is 21.7 Å². The molecule has 1 aliphatic rings. The number of aromatic amines is 1. The molecule has 7 nitrogen and oxygen atoms in total. The molecule has 0 fully saturated rings. The van der Waals surface area contributed by atoms with Crippen LogP contribution in [0.25, 0.3) is 10.9 Å². The summed E-state index contributed by atoms with van der Waals surface area (Å²) in [5.41, 5.74) is 2.58. The lowest BCUT2D eigenvalue weighted by Crippen LogP contribution is -2.40. The molecule has 0 spiro atoms. The number of hydrogen-bond acceptors (Lipinski definition) is 4. The highest BCUT2D eigenvalue weighted by Gasteiger charge is 2.27. The van der Waals surface area contributed by atoms with Crippen molar-refractivity contribution in [1.29, 1.82) is 0 Å². The molecule has 3 aromatic rings. The van der Waals surface area contributed by atoms with Crippen LogP contribution in [0.2, 0.25) is 0 Å². The van der Waals surface area contributed by atoms with Gasteiger partial charge in [0.2, 0.25) is 0 Å². The van der Waals surface area contributed by atoms with E-state index in [1.807, 2.05) is 24.3 Å². The van der Waals surface area contributed by atoms with Gasteiger partial charge in [0.05, 0.1) is 24.1 Å². The van der Waals surface area contributed by atoms with E-state index < -0.39 is 0 Å². The Balaban J connectivity index is 1.68. The van der Waals surface area contributed by atoms with Crippen LogP contribution in [0, 0.1) is 0 Å². The van der Waals surface area contributed by atoms with E-state index in [0.717, 1.165) is 10.9 Å². The van der Waals surface area contributed by atoms with Gasteiger partial charge in [-0.25, -0.2) is 4.98 Å². The SMILES string of the molecule is Cn1cnc2c(c1=O)CCN(C(=O)c1n[nH]c3ccccc13)C2. The van der Waals surface area contributed by atoms with Gasteiger partial charge in [0.15, 0.2) is 5.69 Å². The highest BCUT2D eigenvalue weighted by atomic mass is 16.2. The number of carbonyl (C=O) groups excluding carboxylic acids is 1. The maximum atomic E-state index is 12.8. The molecule has 0 bridgehead atoms. The van der Waals surface area contributed by atoms with Gasteiger partial charge in [-0.2, -0.15) is 5.10 Å². The van der Waals surface area contributed by atoms with Crippen LogP contribution in [-0.2, 0) is 20.0 Å². The number of rotatable bonds is 1. The molecule has 3 heterocycles. The molecule has 1 aromatic carbocycles. The van der Waals surface area contributed by atoms with E-state index in [2.05, 4.69) is 15.2 Å². The number of aromatic nitrogens is 4. The molecule has 116 valence electrons. The second-order valence-corrected chi connectivity index (χ2v) is 5.68. The number of amides is 1. The molecule has 2 aromatic heterocycles. The number of fused-ring (bicyclic) bond motifs is 2. The van der Waals surface area contributed by atoms with Crippen LogP contribution in [0.5, 0.6) is 0 Å². The molecular weight excluding hydrogens is 294 g/mol. The van der Waals surface area contributed by atoms with Crippen molar-refractivity contribution >= 4 is 16.8 Å². The topological polar surface area (TPSA) is 83.9 Å². The maximum absolute atomic E-state index is 12.8. The van der Waals surface area contributed by atoms with E-state index in [1.165, 1.54) is 10.9 Å². The smallest absolute Gasteiger partial charge is 0.275 e. The van der Waals surface area contributed by atoms with Gasteiger partial charge in [0, 0.05) is 24.5 Å². The van der Waals surface area contributed by atoms with Crippen LogP contribution in [-0.4, -0.2) is 37.1 Å². The summed E-state index contributed by atoms with van der Waals surface area (Å²) in [5.74, 6) is -0.143. The third-order valence-corrected chi connectivity index (χ3v) is 4.25. The number of H-pyrrole nitrogens is 1. The molecule has 1 N–H and O–H groups in total. The van der Waals surface area contributed by atoms with Crippen LogP contribution in [0.15, 0.2) is 35.4 Å². The Bertz CT molecular complexity index is 972. The molecule has 0 radical (unpaired) electrons. The van der Waals surface area contributed by atoms with Gasteiger partial charge in [0.25, 0.3) is 11.5 Å². The standard InChI is InChI=1S/C16H15N5O2/c1-20-9-17-13-8-21(7-6-11(13)15(20)22)16(23)14-10-4-2-3-5-12(10)18-19-14/h2-5,9H,6-8H2,1H3,(H,18,19). The summed E-state index contributed by atoms with van der Waals surface area (Å²) in [7, 11) is 1.68. The van der Waals surface area contributed by atoms with E-state index in [0.29, 0.717) is 36.5 Å². The fourth-order valence-electron chi connectivity index (χ4n) is 2.97. The van der Waals surface area contributed by atoms with Crippen LogP contribution in [0.4, 0.5) is 0 Å². The van der Waals surface area contributed by atoms with Gasteiger partial charge in [0.1, 0.15) is 0 Å². The largest absolute Gasteiger partial charge is 0.331 e. The Kier molecular flexibility index (Phi) is 3.00. The second-order valence-electron chi connectivity index (χ2n) is 5.68. The van der Waals surface area contributed by atoms with Crippen molar-refractivity contribution in [2.45, 2.75) is 13.0 Å². The number of carbonyl (C=O) groups is 1. The quantitative estimate of drug-likeness (QED) is 0.722. The predicted molar refractivity (Wildman–Crippen MR) is 84.0 cm³/mol. The van der Waals surface area contributed by atoms with Crippen LogP contribution < -0.4 is 5.56 Å². The van der Waals surface area contributed by atoms with Gasteiger partial charge in [-0.15, -0.1) is 0 Å². The molecular formula is C16H15N5O2. The van der Waals surface area contributed by atoms with Gasteiger partial charge in [-0.1, -0.05) is 18.2 Å². The number of para-hydroxylation sites is 1. The first kappa shape index (κ1) is 13.7. The normalized spacial score (nSPS) is 14.0. The summed E-state index contributed by atoms with van der Waals surface area (Å²) in [4.78, 5) is 30.9. The number of aryl methyl sites for hydroxylation is 1. The summed E-state index contributed by atoms with van der Waals surface area (Å²) in [5, 5.41) is 7.84. The van der Waals surface area contributed by atoms with Gasteiger partial charge < -0.3 is 9.47 Å². The van der Waals surface area contributed by atoms with Crippen molar-refractivity contribution in [3.63, 3.8) is 0 Å². The lowest BCUT2D eigenvalue weighted by Gasteiger charge is -2.27. The minimum Gasteiger partial charge on any atom is -0.331 e.